The molecule has 0 atom stereocenters. The third-order valence-electron chi connectivity index (χ3n) is 4.30. The van der Waals surface area contributed by atoms with Gasteiger partial charge in [0.05, 0.1) is 6.61 Å². The fourth-order valence-electron chi connectivity index (χ4n) is 2.87. The first-order valence-electron chi connectivity index (χ1n) is 9.00. The van der Waals surface area contributed by atoms with Crippen molar-refractivity contribution in [1.82, 2.24) is 4.90 Å². The van der Waals surface area contributed by atoms with Gasteiger partial charge in [-0.1, -0.05) is 19.1 Å². The number of hydrogen-bond acceptors (Lipinski definition) is 3. The molecule has 4 nitrogen and oxygen atoms in total. The monoisotopic (exact) mass is 339 g/mol. The maximum atomic E-state index is 12.3. The van der Waals surface area contributed by atoms with Crippen LogP contribution in [0.2, 0.25) is 0 Å². The summed E-state index contributed by atoms with van der Waals surface area (Å²) in [5, 5.41) is 0. The molecule has 0 saturated carbocycles. The number of benzene rings is 2. The van der Waals surface area contributed by atoms with Crippen molar-refractivity contribution < 1.29 is 14.3 Å². The number of amides is 1. The minimum Gasteiger partial charge on any atom is -0.494 e. The van der Waals surface area contributed by atoms with E-state index in [-0.39, 0.29) is 5.91 Å². The summed E-state index contributed by atoms with van der Waals surface area (Å²) in [6.45, 7) is 5.04. The second kappa shape index (κ2) is 8.56. The van der Waals surface area contributed by atoms with Crippen LogP contribution in [0.4, 0.5) is 0 Å². The molecule has 1 amide bonds. The quantitative estimate of drug-likeness (QED) is 0.755. The van der Waals surface area contributed by atoms with Crippen LogP contribution in [-0.2, 0) is 6.61 Å². The smallest absolute Gasteiger partial charge is 0.253 e. The van der Waals surface area contributed by atoms with Gasteiger partial charge in [0, 0.05) is 18.7 Å². The summed E-state index contributed by atoms with van der Waals surface area (Å²) in [5.74, 6) is 1.80. The largest absolute Gasteiger partial charge is 0.494 e. The fraction of sp³-hybridized carbons (Fsp3) is 0.381. The van der Waals surface area contributed by atoms with Gasteiger partial charge in [-0.05, 0) is 61.2 Å². The lowest BCUT2D eigenvalue weighted by atomic mass is 10.1. The van der Waals surface area contributed by atoms with Crippen LogP contribution < -0.4 is 9.47 Å². The standard InChI is InChI=1S/C21H25NO3/c1-2-15-24-19-9-11-20(12-10-19)25-16-17-5-7-18(8-6-17)21(23)22-13-3-4-14-22/h5-12H,2-4,13-16H2,1H3. The summed E-state index contributed by atoms with van der Waals surface area (Å²) in [7, 11) is 0. The Hall–Kier alpha value is -2.49. The van der Waals surface area contributed by atoms with Crippen molar-refractivity contribution >= 4 is 5.91 Å². The molecule has 2 aromatic rings. The molecule has 0 aliphatic carbocycles. The highest BCUT2D eigenvalue weighted by Gasteiger charge is 2.19. The number of carbonyl (C=O) groups excluding carboxylic acids is 1. The van der Waals surface area contributed by atoms with Crippen LogP contribution in [0.25, 0.3) is 0 Å². The SMILES string of the molecule is CCCOc1ccc(OCc2ccc(C(=O)N3CCCC3)cc2)cc1. The van der Waals surface area contributed by atoms with Crippen molar-refractivity contribution in [1.29, 1.82) is 0 Å². The number of carbonyl (C=O) groups is 1. The molecule has 1 saturated heterocycles. The molecule has 0 unspecified atom stereocenters. The fourth-order valence-corrected chi connectivity index (χ4v) is 2.87. The Kier molecular flexibility index (Phi) is 5.94. The first-order valence-corrected chi connectivity index (χ1v) is 9.00. The van der Waals surface area contributed by atoms with Crippen LogP contribution in [0.5, 0.6) is 11.5 Å². The summed E-state index contributed by atoms with van der Waals surface area (Å²) in [6, 6.07) is 15.4. The molecule has 0 aromatic heterocycles. The van der Waals surface area contributed by atoms with E-state index in [9.17, 15) is 4.79 Å². The van der Waals surface area contributed by atoms with Crippen molar-refractivity contribution in [2.24, 2.45) is 0 Å². The molecule has 132 valence electrons. The summed E-state index contributed by atoms with van der Waals surface area (Å²) >= 11 is 0. The van der Waals surface area contributed by atoms with Gasteiger partial charge in [-0.25, -0.2) is 0 Å². The van der Waals surface area contributed by atoms with Crippen LogP contribution in [-0.4, -0.2) is 30.5 Å². The molecule has 4 heteroatoms. The van der Waals surface area contributed by atoms with E-state index in [1.54, 1.807) is 0 Å². The summed E-state index contributed by atoms with van der Waals surface area (Å²) in [4.78, 5) is 14.3. The van der Waals surface area contributed by atoms with E-state index in [2.05, 4.69) is 6.92 Å². The molecule has 1 heterocycles. The van der Waals surface area contributed by atoms with Crippen molar-refractivity contribution in [2.45, 2.75) is 32.8 Å². The normalized spacial score (nSPS) is 13.7. The van der Waals surface area contributed by atoms with Gasteiger partial charge in [-0.3, -0.25) is 4.79 Å². The van der Waals surface area contributed by atoms with Gasteiger partial charge in [0.25, 0.3) is 5.91 Å². The zero-order valence-corrected chi connectivity index (χ0v) is 14.7. The average Bonchev–Trinajstić information content (AvgIpc) is 3.20. The van der Waals surface area contributed by atoms with E-state index in [0.29, 0.717) is 6.61 Å². The van der Waals surface area contributed by atoms with Crippen molar-refractivity contribution in [2.75, 3.05) is 19.7 Å². The summed E-state index contributed by atoms with van der Waals surface area (Å²) in [6.07, 6.45) is 3.22. The zero-order chi connectivity index (χ0) is 17.5. The Morgan fingerprint density at radius 2 is 1.52 bits per heavy atom. The Labute approximate surface area is 149 Å². The highest BCUT2D eigenvalue weighted by Crippen LogP contribution is 2.19. The Morgan fingerprint density at radius 1 is 0.920 bits per heavy atom. The number of likely N-dealkylation sites (tertiary alicyclic amines) is 1. The number of nitrogens with zero attached hydrogens (tertiary/aromatic N) is 1. The molecule has 0 N–H and O–H groups in total. The topological polar surface area (TPSA) is 38.8 Å². The van der Waals surface area contributed by atoms with Gasteiger partial charge in [0.2, 0.25) is 0 Å². The lowest BCUT2D eigenvalue weighted by molar-refractivity contribution is 0.0793. The van der Waals surface area contributed by atoms with Crippen LogP contribution in [0.3, 0.4) is 0 Å². The van der Waals surface area contributed by atoms with Crippen LogP contribution in [0.1, 0.15) is 42.1 Å². The van der Waals surface area contributed by atoms with E-state index in [1.807, 2.05) is 53.4 Å². The second-order valence-corrected chi connectivity index (χ2v) is 6.30. The molecule has 0 radical (unpaired) electrons. The molecule has 0 spiro atoms. The van der Waals surface area contributed by atoms with Gasteiger partial charge >= 0.3 is 0 Å². The Bertz CT molecular complexity index is 673. The zero-order valence-electron chi connectivity index (χ0n) is 14.7. The van der Waals surface area contributed by atoms with Gasteiger partial charge in [0.15, 0.2) is 0 Å². The third kappa shape index (κ3) is 4.75. The second-order valence-electron chi connectivity index (χ2n) is 6.30. The van der Waals surface area contributed by atoms with E-state index >= 15 is 0 Å². The highest BCUT2D eigenvalue weighted by molar-refractivity contribution is 5.94. The predicted octanol–water partition coefficient (Wildman–Crippen LogP) is 4.29. The minimum atomic E-state index is 0.132. The van der Waals surface area contributed by atoms with Crippen molar-refractivity contribution in [3.8, 4) is 11.5 Å². The molecule has 1 aliphatic heterocycles. The van der Waals surface area contributed by atoms with Crippen molar-refractivity contribution in [3.05, 3.63) is 59.7 Å². The maximum absolute atomic E-state index is 12.3. The first kappa shape index (κ1) is 17.3. The predicted molar refractivity (Wildman–Crippen MR) is 98.1 cm³/mol. The number of rotatable bonds is 7. The van der Waals surface area contributed by atoms with Crippen LogP contribution >= 0.6 is 0 Å². The van der Waals surface area contributed by atoms with Crippen molar-refractivity contribution in [3.63, 3.8) is 0 Å². The Morgan fingerprint density at radius 3 is 2.12 bits per heavy atom. The minimum absolute atomic E-state index is 0.132. The molecule has 3 rings (SSSR count). The first-order chi connectivity index (χ1) is 12.3. The van der Waals surface area contributed by atoms with E-state index in [4.69, 9.17) is 9.47 Å². The van der Waals surface area contributed by atoms with E-state index in [1.165, 1.54) is 0 Å². The summed E-state index contributed by atoms with van der Waals surface area (Å²) in [5.41, 5.74) is 1.80. The number of ether oxygens (including phenoxy) is 2. The third-order valence-corrected chi connectivity index (χ3v) is 4.30. The molecular formula is C21H25NO3. The molecule has 1 fully saturated rings. The lowest BCUT2D eigenvalue weighted by Gasteiger charge is -2.15. The molecular weight excluding hydrogens is 314 g/mol. The van der Waals surface area contributed by atoms with Gasteiger partial charge in [0.1, 0.15) is 18.1 Å². The van der Waals surface area contributed by atoms with Crippen LogP contribution in [0, 0.1) is 0 Å². The van der Waals surface area contributed by atoms with Gasteiger partial charge in [-0.15, -0.1) is 0 Å². The lowest BCUT2D eigenvalue weighted by Crippen LogP contribution is -2.27. The average molecular weight is 339 g/mol. The highest BCUT2D eigenvalue weighted by atomic mass is 16.5. The molecule has 1 aliphatic rings. The Balaban J connectivity index is 1.52. The van der Waals surface area contributed by atoms with Crippen LogP contribution in [0.15, 0.2) is 48.5 Å². The number of hydrogen-bond donors (Lipinski definition) is 0. The maximum Gasteiger partial charge on any atom is 0.253 e. The van der Waals surface area contributed by atoms with E-state index in [0.717, 1.165) is 61.6 Å². The molecule has 0 bridgehead atoms. The van der Waals surface area contributed by atoms with Gasteiger partial charge in [-0.2, -0.15) is 0 Å². The van der Waals surface area contributed by atoms with E-state index < -0.39 is 0 Å². The molecule has 2 aromatic carbocycles. The molecule has 25 heavy (non-hydrogen) atoms. The van der Waals surface area contributed by atoms with Gasteiger partial charge < -0.3 is 14.4 Å². The summed E-state index contributed by atoms with van der Waals surface area (Å²) < 4.78 is 11.4.